The summed E-state index contributed by atoms with van der Waals surface area (Å²) < 4.78 is 10.2. The number of carbonyl (C=O) groups is 2. The van der Waals surface area contributed by atoms with Crippen molar-refractivity contribution in [2.45, 2.75) is 6.54 Å². The molecule has 0 bridgehead atoms. The van der Waals surface area contributed by atoms with Crippen LogP contribution in [0.2, 0.25) is 0 Å². The number of nitrogens with zero attached hydrogens (tertiary/aromatic N) is 2. The van der Waals surface area contributed by atoms with E-state index in [1.165, 1.54) is 56.7 Å². The number of nitro groups is 1. The Bertz CT molecular complexity index is 993. The minimum absolute atomic E-state index is 0.00220. The van der Waals surface area contributed by atoms with E-state index in [4.69, 9.17) is 9.47 Å². The van der Waals surface area contributed by atoms with Gasteiger partial charge in [-0.15, -0.1) is 0 Å². The van der Waals surface area contributed by atoms with Crippen molar-refractivity contribution in [2.24, 2.45) is 0 Å². The summed E-state index contributed by atoms with van der Waals surface area (Å²) in [5.41, 5.74) is 1.03. The molecule has 29 heavy (non-hydrogen) atoms. The number of hydrogen-bond acceptors (Lipinski definition) is 8. The Morgan fingerprint density at radius 3 is 2.24 bits per heavy atom. The quantitative estimate of drug-likeness (QED) is 0.431. The predicted octanol–water partition coefficient (Wildman–Crippen LogP) is 3.55. The normalized spacial score (nSPS) is 15.1. The molecular formula is C19H16N2O7S. The summed E-state index contributed by atoms with van der Waals surface area (Å²) in [4.78, 5) is 36.4. The van der Waals surface area contributed by atoms with E-state index < -0.39 is 16.1 Å². The third kappa shape index (κ3) is 4.16. The summed E-state index contributed by atoms with van der Waals surface area (Å²) in [6, 6.07) is 8.67. The highest BCUT2D eigenvalue weighted by Crippen LogP contribution is 2.39. The second-order valence-corrected chi connectivity index (χ2v) is 6.96. The van der Waals surface area contributed by atoms with Crippen LogP contribution in [-0.2, 0) is 11.3 Å². The van der Waals surface area contributed by atoms with Crippen LogP contribution in [0.5, 0.6) is 17.2 Å². The number of aromatic hydroxyl groups is 1. The number of thioether (sulfide) groups is 1. The zero-order valence-electron chi connectivity index (χ0n) is 15.4. The molecule has 2 amide bonds. The molecule has 10 heteroatoms. The van der Waals surface area contributed by atoms with Gasteiger partial charge in [0.25, 0.3) is 16.8 Å². The van der Waals surface area contributed by atoms with Gasteiger partial charge in [-0.2, -0.15) is 0 Å². The average molecular weight is 416 g/mol. The van der Waals surface area contributed by atoms with Crippen LogP contribution in [0.25, 0.3) is 6.08 Å². The van der Waals surface area contributed by atoms with Crippen molar-refractivity contribution in [1.82, 2.24) is 4.90 Å². The summed E-state index contributed by atoms with van der Waals surface area (Å²) in [6.07, 6.45) is 1.51. The number of hydrogen-bond donors (Lipinski definition) is 1. The second kappa shape index (κ2) is 8.23. The maximum Gasteiger partial charge on any atom is 0.293 e. The molecule has 0 radical (unpaired) electrons. The van der Waals surface area contributed by atoms with Crippen molar-refractivity contribution >= 4 is 34.7 Å². The molecule has 3 rings (SSSR count). The minimum atomic E-state index is -0.521. The van der Waals surface area contributed by atoms with Crippen molar-refractivity contribution in [3.05, 3.63) is 62.5 Å². The van der Waals surface area contributed by atoms with Gasteiger partial charge < -0.3 is 14.6 Å². The van der Waals surface area contributed by atoms with Gasteiger partial charge in [0, 0.05) is 12.1 Å². The van der Waals surface area contributed by atoms with E-state index in [-0.39, 0.29) is 34.4 Å². The van der Waals surface area contributed by atoms with Crippen molar-refractivity contribution in [1.29, 1.82) is 0 Å². The first kappa shape index (κ1) is 20.2. The Hall–Kier alpha value is -3.53. The molecule has 0 aromatic heterocycles. The summed E-state index contributed by atoms with van der Waals surface area (Å²) in [6.45, 7) is 0.00220. The van der Waals surface area contributed by atoms with Crippen LogP contribution in [0.4, 0.5) is 10.5 Å². The number of nitro benzene ring substituents is 1. The number of phenolic OH excluding ortho intramolecular Hbond substituents is 1. The van der Waals surface area contributed by atoms with E-state index in [0.717, 1.165) is 16.7 Å². The van der Waals surface area contributed by atoms with Gasteiger partial charge in [-0.3, -0.25) is 24.6 Å². The fourth-order valence-electron chi connectivity index (χ4n) is 2.69. The molecule has 1 N–H and O–H groups in total. The number of non-ortho nitro benzene ring substituents is 1. The molecule has 150 valence electrons. The summed E-state index contributed by atoms with van der Waals surface area (Å²) >= 11 is 0.781. The lowest BCUT2D eigenvalue weighted by Gasteiger charge is -2.12. The van der Waals surface area contributed by atoms with Crippen LogP contribution in [0.3, 0.4) is 0 Å². The Morgan fingerprint density at radius 2 is 1.72 bits per heavy atom. The molecule has 0 unspecified atom stereocenters. The molecule has 9 nitrogen and oxygen atoms in total. The van der Waals surface area contributed by atoms with E-state index in [1.54, 1.807) is 0 Å². The van der Waals surface area contributed by atoms with Crippen LogP contribution in [-0.4, -0.2) is 40.3 Å². The Kier molecular flexibility index (Phi) is 5.74. The lowest BCUT2D eigenvalue weighted by Crippen LogP contribution is -2.27. The molecule has 2 aromatic rings. The smallest absolute Gasteiger partial charge is 0.293 e. The number of phenols is 1. The van der Waals surface area contributed by atoms with Crippen molar-refractivity contribution in [3.63, 3.8) is 0 Å². The van der Waals surface area contributed by atoms with Crippen LogP contribution >= 0.6 is 11.8 Å². The molecule has 0 saturated carbocycles. The second-order valence-electron chi connectivity index (χ2n) is 5.97. The van der Waals surface area contributed by atoms with Gasteiger partial charge in [0.1, 0.15) is 0 Å². The van der Waals surface area contributed by atoms with Crippen LogP contribution in [0, 0.1) is 10.1 Å². The Morgan fingerprint density at radius 1 is 1.14 bits per heavy atom. The van der Waals surface area contributed by atoms with Crippen molar-refractivity contribution in [2.75, 3.05) is 14.2 Å². The highest BCUT2D eigenvalue weighted by molar-refractivity contribution is 8.18. The summed E-state index contributed by atoms with van der Waals surface area (Å²) in [5, 5.41) is 20.3. The number of ether oxygens (including phenoxy) is 2. The SMILES string of the molecule is COc1cc(/C=C2\SC(=O)N(Cc3ccc([N+](=O)[O-])cc3)C2=O)cc(OC)c1O. The molecule has 0 aliphatic carbocycles. The molecule has 1 fully saturated rings. The Labute approximate surface area is 169 Å². The highest BCUT2D eigenvalue weighted by Gasteiger charge is 2.35. The standard InChI is InChI=1S/C19H16N2O7S/c1-27-14-7-12(8-15(28-2)17(14)22)9-16-18(23)20(19(24)29-16)10-11-3-5-13(6-4-11)21(25)26/h3-9,22H,10H2,1-2H3/b16-9-. The number of benzene rings is 2. The average Bonchev–Trinajstić information content (AvgIpc) is 2.96. The van der Waals surface area contributed by atoms with Crippen molar-refractivity contribution in [3.8, 4) is 17.2 Å². The van der Waals surface area contributed by atoms with E-state index >= 15 is 0 Å². The largest absolute Gasteiger partial charge is 0.502 e. The number of rotatable bonds is 6. The zero-order chi connectivity index (χ0) is 21.1. The van der Waals surface area contributed by atoms with Gasteiger partial charge in [0.15, 0.2) is 11.5 Å². The van der Waals surface area contributed by atoms with Crippen LogP contribution < -0.4 is 9.47 Å². The molecule has 0 atom stereocenters. The lowest BCUT2D eigenvalue weighted by molar-refractivity contribution is -0.384. The fraction of sp³-hybridized carbons (Fsp3) is 0.158. The maximum atomic E-state index is 12.7. The summed E-state index contributed by atoms with van der Waals surface area (Å²) in [7, 11) is 2.77. The number of methoxy groups -OCH3 is 2. The first-order chi connectivity index (χ1) is 13.8. The highest BCUT2D eigenvalue weighted by atomic mass is 32.2. The van der Waals surface area contributed by atoms with Crippen LogP contribution in [0.1, 0.15) is 11.1 Å². The van der Waals surface area contributed by atoms with Crippen molar-refractivity contribution < 1.29 is 29.1 Å². The number of imide groups is 1. The third-order valence-electron chi connectivity index (χ3n) is 4.16. The lowest BCUT2D eigenvalue weighted by atomic mass is 10.1. The topological polar surface area (TPSA) is 119 Å². The first-order valence-corrected chi connectivity index (χ1v) is 9.09. The van der Waals surface area contributed by atoms with Gasteiger partial charge in [-0.1, -0.05) is 12.1 Å². The molecule has 1 aliphatic rings. The van der Waals surface area contributed by atoms with E-state index in [0.29, 0.717) is 11.1 Å². The van der Waals surface area contributed by atoms with Crippen LogP contribution in [0.15, 0.2) is 41.3 Å². The van der Waals surface area contributed by atoms with E-state index in [2.05, 4.69) is 0 Å². The number of carbonyl (C=O) groups excluding carboxylic acids is 2. The van der Waals surface area contributed by atoms with Gasteiger partial charge >= 0.3 is 0 Å². The van der Waals surface area contributed by atoms with Gasteiger partial charge in [0.05, 0.1) is 30.6 Å². The van der Waals surface area contributed by atoms with E-state index in [9.17, 15) is 24.8 Å². The van der Waals surface area contributed by atoms with E-state index in [1.807, 2.05) is 0 Å². The molecule has 1 aliphatic heterocycles. The molecule has 1 heterocycles. The molecule has 2 aromatic carbocycles. The van der Waals surface area contributed by atoms with Gasteiger partial charge in [-0.25, -0.2) is 0 Å². The fourth-order valence-corrected chi connectivity index (χ4v) is 3.53. The Balaban J connectivity index is 1.84. The monoisotopic (exact) mass is 416 g/mol. The summed E-state index contributed by atoms with van der Waals surface area (Å²) in [5.74, 6) is -0.316. The van der Waals surface area contributed by atoms with Gasteiger partial charge in [-0.05, 0) is 41.1 Å². The first-order valence-electron chi connectivity index (χ1n) is 8.27. The van der Waals surface area contributed by atoms with Gasteiger partial charge in [0.2, 0.25) is 5.75 Å². The molecule has 0 spiro atoms. The molecular weight excluding hydrogens is 400 g/mol. The maximum absolute atomic E-state index is 12.7. The minimum Gasteiger partial charge on any atom is -0.502 e. The predicted molar refractivity (Wildman–Crippen MR) is 106 cm³/mol. The number of amides is 2. The zero-order valence-corrected chi connectivity index (χ0v) is 16.3. The third-order valence-corrected chi connectivity index (χ3v) is 5.07. The molecule has 1 saturated heterocycles.